The van der Waals surface area contributed by atoms with E-state index in [1.54, 1.807) is 0 Å². The van der Waals surface area contributed by atoms with Crippen LogP contribution in [0, 0.1) is 0 Å². The Morgan fingerprint density at radius 3 is 2.88 bits per heavy atom. The van der Waals surface area contributed by atoms with Crippen LogP contribution in [0.2, 0.25) is 0 Å². The predicted molar refractivity (Wildman–Crippen MR) is 68.7 cm³/mol. The molecule has 0 radical (unpaired) electrons. The number of thioether (sulfide) groups is 1. The molecule has 3 unspecified atom stereocenters. The van der Waals surface area contributed by atoms with Gasteiger partial charge in [0.15, 0.2) is 0 Å². The molecular formula is C12H22N2OS. The van der Waals surface area contributed by atoms with Crippen LogP contribution >= 0.6 is 11.8 Å². The summed E-state index contributed by atoms with van der Waals surface area (Å²) >= 11 is 2.06. The summed E-state index contributed by atoms with van der Waals surface area (Å²) in [5.74, 6) is 1.53. The topological polar surface area (TPSA) is 32.3 Å². The third-order valence-corrected chi connectivity index (χ3v) is 5.02. The van der Waals surface area contributed by atoms with Crippen LogP contribution in [-0.2, 0) is 4.79 Å². The molecule has 2 fully saturated rings. The Morgan fingerprint density at radius 1 is 1.44 bits per heavy atom. The van der Waals surface area contributed by atoms with E-state index in [0.717, 1.165) is 18.2 Å². The largest absolute Gasteiger partial charge is 0.338 e. The third-order valence-electron chi connectivity index (χ3n) is 3.79. The highest BCUT2D eigenvalue weighted by Gasteiger charge is 2.38. The second kappa shape index (κ2) is 5.41. The van der Waals surface area contributed by atoms with E-state index in [4.69, 9.17) is 0 Å². The first-order valence-electron chi connectivity index (χ1n) is 6.35. The number of hydrogen-bond donors (Lipinski definition) is 1. The molecule has 1 N–H and O–H groups in total. The zero-order valence-electron chi connectivity index (χ0n) is 10.2. The van der Waals surface area contributed by atoms with Crippen molar-refractivity contribution in [3.05, 3.63) is 0 Å². The SMILES string of the molecule is CCSC1CCC(N2CCC(NC)C2=O)C1. The molecule has 3 nitrogen and oxygen atoms in total. The number of hydrogen-bond acceptors (Lipinski definition) is 3. The standard InChI is InChI=1S/C12H22N2OS/c1-3-16-10-5-4-9(8-10)14-7-6-11(13-2)12(14)15/h9-11,13H,3-8H2,1-2H3. The molecule has 0 spiro atoms. The van der Waals surface area contributed by atoms with Gasteiger partial charge in [0, 0.05) is 17.8 Å². The molecule has 1 aliphatic heterocycles. The van der Waals surface area contributed by atoms with Crippen LogP contribution in [-0.4, -0.2) is 47.5 Å². The molecular weight excluding hydrogens is 220 g/mol. The normalized spacial score (nSPS) is 35.0. The molecule has 92 valence electrons. The average Bonchev–Trinajstić information content (AvgIpc) is 2.85. The van der Waals surface area contributed by atoms with Gasteiger partial charge in [-0.15, -0.1) is 0 Å². The second-order valence-electron chi connectivity index (χ2n) is 4.71. The lowest BCUT2D eigenvalue weighted by Gasteiger charge is -2.24. The summed E-state index contributed by atoms with van der Waals surface area (Å²) in [6, 6.07) is 0.604. The van der Waals surface area contributed by atoms with E-state index in [0.29, 0.717) is 11.9 Å². The van der Waals surface area contributed by atoms with Gasteiger partial charge in [-0.2, -0.15) is 11.8 Å². The highest BCUT2D eigenvalue weighted by atomic mass is 32.2. The highest BCUT2D eigenvalue weighted by molar-refractivity contribution is 7.99. The van der Waals surface area contributed by atoms with Gasteiger partial charge in [-0.3, -0.25) is 4.79 Å². The van der Waals surface area contributed by atoms with Crippen molar-refractivity contribution >= 4 is 17.7 Å². The molecule has 0 aromatic rings. The van der Waals surface area contributed by atoms with Crippen molar-refractivity contribution in [3.8, 4) is 0 Å². The molecule has 1 saturated heterocycles. The maximum Gasteiger partial charge on any atom is 0.240 e. The quantitative estimate of drug-likeness (QED) is 0.810. The van der Waals surface area contributed by atoms with Gasteiger partial charge in [0.2, 0.25) is 5.91 Å². The van der Waals surface area contributed by atoms with Crippen molar-refractivity contribution in [1.29, 1.82) is 0 Å². The van der Waals surface area contributed by atoms with Crippen molar-refractivity contribution in [2.75, 3.05) is 19.3 Å². The minimum absolute atomic E-state index is 0.0814. The summed E-state index contributed by atoms with van der Waals surface area (Å²) in [4.78, 5) is 14.2. The van der Waals surface area contributed by atoms with Gasteiger partial charge < -0.3 is 10.2 Å². The van der Waals surface area contributed by atoms with Crippen LogP contribution in [0.25, 0.3) is 0 Å². The number of carbonyl (C=O) groups is 1. The minimum atomic E-state index is 0.0814. The monoisotopic (exact) mass is 242 g/mol. The summed E-state index contributed by atoms with van der Waals surface area (Å²) in [6.07, 6.45) is 4.69. The summed E-state index contributed by atoms with van der Waals surface area (Å²) in [7, 11) is 1.89. The van der Waals surface area contributed by atoms with Crippen molar-refractivity contribution in [2.45, 2.75) is 49.9 Å². The van der Waals surface area contributed by atoms with E-state index in [-0.39, 0.29) is 6.04 Å². The minimum Gasteiger partial charge on any atom is -0.338 e. The molecule has 1 heterocycles. The Labute approximate surface area is 102 Å². The van der Waals surface area contributed by atoms with Crippen LogP contribution in [0.1, 0.15) is 32.6 Å². The maximum absolute atomic E-state index is 12.0. The molecule has 0 aromatic heterocycles. The fourth-order valence-corrected chi connectivity index (χ4v) is 4.05. The van der Waals surface area contributed by atoms with Crippen molar-refractivity contribution in [2.24, 2.45) is 0 Å². The first-order chi connectivity index (χ1) is 7.76. The number of nitrogens with zero attached hydrogens (tertiary/aromatic N) is 1. The molecule has 1 saturated carbocycles. The van der Waals surface area contributed by atoms with Crippen molar-refractivity contribution in [3.63, 3.8) is 0 Å². The predicted octanol–water partition coefficient (Wildman–Crippen LogP) is 1.48. The van der Waals surface area contributed by atoms with Gasteiger partial charge in [-0.05, 0) is 38.5 Å². The molecule has 0 bridgehead atoms. The summed E-state index contributed by atoms with van der Waals surface area (Å²) in [5, 5.41) is 3.90. The van der Waals surface area contributed by atoms with E-state index < -0.39 is 0 Å². The van der Waals surface area contributed by atoms with Gasteiger partial charge in [-0.25, -0.2) is 0 Å². The number of likely N-dealkylation sites (tertiary alicyclic amines) is 1. The summed E-state index contributed by atoms with van der Waals surface area (Å²) in [5.41, 5.74) is 0. The van der Waals surface area contributed by atoms with E-state index in [1.807, 2.05) is 7.05 Å². The van der Waals surface area contributed by atoms with E-state index in [9.17, 15) is 4.79 Å². The van der Waals surface area contributed by atoms with Crippen LogP contribution in [0.5, 0.6) is 0 Å². The zero-order chi connectivity index (χ0) is 11.5. The third kappa shape index (κ3) is 2.38. The lowest BCUT2D eigenvalue weighted by Crippen LogP contribution is -2.40. The Bertz CT molecular complexity index is 259. The Morgan fingerprint density at radius 2 is 2.25 bits per heavy atom. The molecule has 16 heavy (non-hydrogen) atoms. The lowest BCUT2D eigenvalue weighted by molar-refractivity contribution is -0.131. The van der Waals surface area contributed by atoms with Crippen LogP contribution in [0.3, 0.4) is 0 Å². The van der Waals surface area contributed by atoms with E-state index in [1.165, 1.54) is 25.0 Å². The number of nitrogens with one attached hydrogen (secondary N) is 1. The highest BCUT2D eigenvalue weighted by Crippen LogP contribution is 2.34. The Hall–Kier alpha value is -0.220. The van der Waals surface area contributed by atoms with Gasteiger partial charge in [-0.1, -0.05) is 6.92 Å². The Kier molecular flexibility index (Phi) is 4.14. The van der Waals surface area contributed by atoms with Crippen LogP contribution < -0.4 is 5.32 Å². The second-order valence-corrected chi connectivity index (χ2v) is 6.28. The fourth-order valence-electron chi connectivity index (χ4n) is 2.92. The Balaban J connectivity index is 1.88. The molecule has 0 aromatic carbocycles. The first-order valence-corrected chi connectivity index (χ1v) is 7.40. The average molecular weight is 242 g/mol. The van der Waals surface area contributed by atoms with Crippen molar-refractivity contribution < 1.29 is 4.79 Å². The molecule has 2 aliphatic rings. The summed E-state index contributed by atoms with van der Waals surface area (Å²) in [6.45, 7) is 3.18. The molecule has 2 rings (SSSR count). The smallest absolute Gasteiger partial charge is 0.240 e. The van der Waals surface area contributed by atoms with Crippen molar-refractivity contribution in [1.82, 2.24) is 10.2 Å². The van der Waals surface area contributed by atoms with Gasteiger partial charge in [0.1, 0.15) is 0 Å². The maximum atomic E-state index is 12.0. The van der Waals surface area contributed by atoms with Gasteiger partial charge in [0.25, 0.3) is 0 Å². The van der Waals surface area contributed by atoms with Gasteiger partial charge >= 0.3 is 0 Å². The molecule has 1 amide bonds. The molecule has 3 atom stereocenters. The van der Waals surface area contributed by atoms with Gasteiger partial charge in [0.05, 0.1) is 6.04 Å². The molecule has 1 aliphatic carbocycles. The summed E-state index contributed by atoms with van der Waals surface area (Å²) < 4.78 is 0. The number of amides is 1. The number of carbonyl (C=O) groups excluding carboxylic acids is 1. The first kappa shape index (κ1) is 12.2. The molecule has 4 heteroatoms. The number of likely N-dealkylation sites (N-methyl/N-ethyl adjacent to an activating group) is 1. The number of rotatable bonds is 4. The van der Waals surface area contributed by atoms with E-state index >= 15 is 0 Å². The zero-order valence-corrected chi connectivity index (χ0v) is 11.1. The van der Waals surface area contributed by atoms with E-state index in [2.05, 4.69) is 28.9 Å². The lowest BCUT2D eigenvalue weighted by atomic mass is 10.2. The van der Waals surface area contributed by atoms with Crippen LogP contribution in [0.15, 0.2) is 0 Å². The fraction of sp³-hybridized carbons (Fsp3) is 0.917. The van der Waals surface area contributed by atoms with Crippen LogP contribution in [0.4, 0.5) is 0 Å².